The molecule has 1 saturated carbocycles. The number of hydrogen-bond acceptors (Lipinski definition) is 5. The van der Waals surface area contributed by atoms with Crippen molar-refractivity contribution in [3.63, 3.8) is 0 Å². The monoisotopic (exact) mass is 269 g/mol. The van der Waals surface area contributed by atoms with E-state index >= 15 is 0 Å². The minimum absolute atomic E-state index is 0.00493. The van der Waals surface area contributed by atoms with Crippen LogP contribution in [0.5, 0.6) is 0 Å². The lowest BCUT2D eigenvalue weighted by molar-refractivity contribution is -0.119. The predicted molar refractivity (Wildman–Crippen MR) is 70.8 cm³/mol. The molecule has 6 nitrogen and oxygen atoms in total. The van der Waals surface area contributed by atoms with Crippen molar-refractivity contribution in [2.75, 3.05) is 11.6 Å². The molecule has 0 bridgehead atoms. The van der Waals surface area contributed by atoms with Gasteiger partial charge in [0.1, 0.15) is 0 Å². The molecule has 0 saturated heterocycles. The Kier molecular flexibility index (Phi) is 4.11. The Balaban J connectivity index is 1.84. The van der Waals surface area contributed by atoms with E-state index in [0.29, 0.717) is 16.8 Å². The van der Waals surface area contributed by atoms with Gasteiger partial charge in [-0.2, -0.15) is 0 Å². The normalized spacial score (nSPS) is 16.6. The van der Waals surface area contributed by atoms with Gasteiger partial charge in [0.2, 0.25) is 11.1 Å². The zero-order valence-corrected chi connectivity index (χ0v) is 11.5. The van der Waals surface area contributed by atoms with E-state index in [9.17, 15) is 4.79 Å². The van der Waals surface area contributed by atoms with Crippen LogP contribution in [0.1, 0.15) is 44.9 Å². The number of hydrogen-bond donors (Lipinski definition) is 2. The number of nitrogen functional groups attached to an aromatic ring is 1. The second kappa shape index (κ2) is 5.60. The summed E-state index contributed by atoms with van der Waals surface area (Å²) in [6.07, 6.45) is 3.19. The molecule has 0 aliphatic heterocycles. The van der Waals surface area contributed by atoms with Gasteiger partial charge in [-0.25, -0.2) is 4.68 Å². The summed E-state index contributed by atoms with van der Waals surface area (Å²) in [5.41, 5.74) is 0. The van der Waals surface area contributed by atoms with Crippen LogP contribution in [0.3, 0.4) is 0 Å². The maximum atomic E-state index is 11.6. The van der Waals surface area contributed by atoms with Gasteiger partial charge in [-0.05, 0) is 26.2 Å². The lowest BCUT2D eigenvalue weighted by Gasteiger charge is -2.10. The molecule has 1 fully saturated rings. The molecule has 3 N–H and O–H groups in total. The van der Waals surface area contributed by atoms with E-state index in [2.05, 4.69) is 15.5 Å². The summed E-state index contributed by atoms with van der Waals surface area (Å²) >= 11 is 1.33. The van der Waals surface area contributed by atoms with Crippen molar-refractivity contribution in [3.05, 3.63) is 5.82 Å². The molecule has 1 amide bonds. The van der Waals surface area contributed by atoms with Gasteiger partial charge in [0.15, 0.2) is 5.82 Å². The van der Waals surface area contributed by atoms with E-state index in [4.69, 9.17) is 5.84 Å². The van der Waals surface area contributed by atoms with E-state index in [1.807, 2.05) is 13.8 Å². The van der Waals surface area contributed by atoms with Gasteiger partial charge in [0, 0.05) is 12.0 Å². The van der Waals surface area contributed by atoms with Crippen molar-refractivity contribution in [3.8, 4) is 0 Å². The summed E-state index contributed by atoms with van der Waals surface area (Å²) in [6, 6.07) is 0.205. The average Bonchev–Trinajstić information content (AvgIpc) is 3.12. The average molecular weight is 269 g/mol. The third-order valence-corrected chi connectivity index (χ3v) is 3.93. The number of amides is 1. The highest BCUT2D eigenvalue weighted by atomic mass is 32.2. The van der Waals surface area contributed by atoms with Gasteiger partial charge in [-0.3, -0.25) is 4.79 Å². The SMILES string of the molecule is CC[C@@H](C)NC(=O)CSc1nnc(C2CC2)n1N. The van der Waals surface area contributed by atoms with Crippen molar-refractivity contribution in [1.29, 1.82) is 0 Å². The molecular weight excluding hydrogens is 250 g/mol. The van der Waals surface area contributed by atoms with Gasteiger partial charge in [0.05, 0.1) is 5.75 Å². The van der Waals surface area contributed by atoms with E-state index < -0.39 is 0 Å². The first-order valence-corrected chi connectivity index (χ1v) is 7.23. The molecule has 18 heavy (non-hydrogen) atoms. The summed E-state index contributed by atoms with van der Waals surface area (Å²) in [4.78, 5) is 11.6. The topological polar surface area (TPSA) is 85.8 Å². The van der Waals surface area contributed by atoms with Gasteiger partial charge in [0.25, 0.3) is 0 Å². The lowest BCUT2D eigenvalue weighted by Crippen LogP contribution is -2.33. The fourth-order valence-corrected chi connectivity index (χ4v) is 2.23. The van der Waals surface area contributed by atoms with Gasteiger partial charge in [-0.1, -0.05) is 18.7 Å². The van der Waals surface area contributed by atoms with Crippen molar-refractivity contribution < 1.29 is 4.79 Å². The smallest absolute Gasteiger partial charge is 0.230 e. The summed E-state index contributed by atoms with van der Waals surface area (Å²) < 4.78 is 1.51. The Hall–Kier alpha value is -1.24. The van der Waals surface area contributed by atoms with Crippen LogP contribution in [0.15, 0.2) is 5.16 Å². The number of nitrogens with zero attached hydrogens (tertiary/aromatic N) is 3. The minimum atomic E-state index is 0.00493. The van der Waals surface area contributed by atoms with E-state index in [-0.39, 0.29) is 11.9 Å². The molecule has 2 rings (SSSR count). The summed E-state index contributed by atoms with van der Waals surface area (Å²) in [5.74, 6) is 7.52. The highest BCUT2D eigenvalue weighted by molar-refractivity contribution is 7.99. The second-order valence-electron chi connectivity index (χ2n) is 4.65. The lowest BCUT2D eigenvalue weighted by atomic mass is 10.3. The quantitative estimate of drug-likeness (QED) is 0.591. The summed E-state index contributed by atoms with van der Waals surface area (Å²) in [6.45, 7) is 4.02. The maximum Gasteiger partial charge on any atom is 0.230 e. The first-order valence-electron chi connectivity index (χ1n) is 6.24. The zero-order chi connectivity index (χ0) is 13.1. The van der Waals surface area contributed by atoms with Crippen LogP contribution in [0.4, 0.5) is 0 Å². The Morgan fingerprint density at radius 3 is 2.94 bits per heavy atom. The molecule has 0 unspecified atom stereocenters. The Morgan fingerprint density at radius 1 is 1.61 bits per heavy atom. The fourth-order valence-electron chi connectivity index (χ4n) is 1.56. The zero-order valence-electron chi connectivity index (χ0n) is 10.7. The van der Waals surface area contributed by atoms with Crippen LogP contribution >= 0.6 is 11.8 Å². The van der Waals surface area contributed by atoms with Crippen LogP contribution < -0.4 is 11.2 Å². The molecule has 1 atom stereocenters. The number of nitrogens with two attached hydrogens (primary N) is 1. The molecule has 0 aromatic carbocycles. The number of nitrogens with one attached hydrogen (secondary N) is 1. The number of thioether (sulfide) groups is 1. The first kappa shape index (κ1) is 13.2. The van der Waals surface area contributed by atoms with Gasteiger partial charge < -0.3 is 11.2 Å². The van der Waals surface area contributed by atoms with Gasteiger partial charge in [-0.15, -0.1) is 10.2 Å². The highest BCUT2D eigenvalue weighted by Crippen LogP contribution is 2.39. The molecule has 100 valence electrons. The summed E-state index contributed by atoms with van der Waals surface area (Å²) in [7, 11) is 0. The molecule has 7 heteroatoms. The largest absolute Gasteiger partial charge is 0.353 e. The maximum absolute atomic E-state index is 11.6. The molecule has 0 spiro atoms. The summed E-state index contributed by atoms with van der Waals surface area (Å²) in [5, 5.41) is 11.6. The van der Waals surface area contributed by atoms with Crippen molar-refractivity contribution >= 4 is 17.7 Å². The van der Waals surface area contributed by atoms with Crippen molar-refractivity contribution in [2.24, 2.45) is 0 Å². The second-order valence-corrected chi connectivity index (χ2v) is 5.59. The Bertz CT molecular complexity index is 429. The molecule has 1 aliphatic rings. The van der Waals surface area contributed by atoms with Gasteiger partial charge >= 0.3 is 0 Å². The minimum Gasteiger partial charge on any atom is -0.353 e. The number of aromatic nitrogens is 3. The third-order valence-electron chi connectivity index (χ3n) is 2.99. The van der Waals surface area contributed by atoms with Crippen LogP contribution in [0.25, 0.3) is 0 Å². The standard InChI is InChI=1S/C11H19N5OS/c1-3-7(2)13-9(17)6-18-11-15-14-10(16(11)12)8-4-5-8/h7-8H,3-6,12H2,1-2H3,(H,13,17)/t7-/m1/s1. The fraction of sp³-hybridized carbons (Fsp3) is 0.727. The van der Waals surface area contributed by atoms with Crippen LogP contribution in [-0.4, -0.2) is 32.6 Å². The Labute approximate surface area is 111 Å². The predicted octanol–water partition coefficient (Wildman–Crippen LogP) is 0.876. The molecule has 1 aromatic heterocycles. The Morgan fingerprint density at radius 2 is 2.33 bits per heavy atom. The first-order chi connectivity index (χ1) is 8.61. The van der Waals surface area contributed by atoms with Crippen LogP contribution in [0.2, 0.25) is 0 Å². The number of rotatable bonds is 6. The van der Waals surface area contributed by atoms with Crippen molar-refractivity contribution in [2.45, 2.75) is 50.2 Å². The number of carbonyl (C=O) groups excluding carboxylic acids is 1. The van der Waals surface area contributed by atoms with E-state index in [1.54, 1.807) is 0 Å². The van der Waals surface area contributed by atoms with E-state index in [1.165, 1.54) is 16.4 Å². The third kappa shape index (κ3) is 3.16. The molecule has 1 aromatic rings. The highest BCUT2D eigenvalue weighted by Gasteiger charge is 2.29. The molecule has 1 aliphatic carbocycles. The van der Waals surface area contributed by atoms with Crippen LogP contribution in [-0.2, 0) is 4.79 Å². The molecule has 0 radical (unpaired) electrons. The van der Waals surface area contributed by atoms with Crippen LogP contribution in [0, 0.1) is 0 Å². The molecule has 1 heterocycles. The van der Waals surface area contributed by atoms with E-state index in [0.717, 1.165) is 25.1 Å². The molecular formula is C11H19N5OS. The van der Waals surface area contributed by atoms with Crippen molar-refractivity contribution in [1.82, 2.24) is 20.2 Å². The number of carbonyl (C=O) groups is 1.